The van der Waals surface area contributed by atoms with Crippen LogP contribution in [0.25, 0.3) is 0 Å². The molecule has 1 N–H and O–H groups in total. The molecule has 2 atom stereocenters. The fourth-order valence-electron chi connectivity index (χ4n) is 4.61. The van der Waals surface area contributed by atoms with Crippen LogP contribution in [0.3, 0.4) is 0 Å². The lowest BCUT2D eigenvalue weighted by molar-refractivity contribution is -0.253. The fourth-order valence-corrected chi connectivity index (χ4v) is 4.61. The highest BCUT2D eigenvalue weighted by atomic mass is 19.3. The number of alkyl halides is 4. The lowest BCUT2D eigenvalue weighted by atomic mass is 9.77. The SMILES string of the molecule is CC(=O)OC(C(=O)N[C@](Cc1ccccc1)(c1ccc(F)cc1)c1cc(F)cc(OC(F)(F)C(F)F)c1)c1ccccc1. The number of hydrogen-bond acceptors (Lipinski definition) is 4. The van der Waals surface area contributed by atoms with E-state index in [1.807, 2.05) is 0 Å². The van der Waals surface area contributed by atoms with Gasteiger partial charge in [0.2, 0.25) is 6.10 Å². The third-order valence-corrected chi connectivity index (χ3v) is 6.48. The summed E-state index contributed by atoms with van der Waals surface area (Å²) in [6.45, 7) is 1.10. The highest BCUT2D eigenvalue weighted by molar-refractivity contribution is 5.86. The number of rotatable bonds is 11. The Morgan fingerprint density at radius 2 is 1.40 bits per heavy atom. The second kappa shape index (κ2) is 13.0. The van der Waals surface area contributed by atoms with E-state index in [4.69, 9.17) is 4.74 Å². The van der Waals surface area contributed by atoms with Gasteiger partial charge in [0.15, 0.2) is 0 Å². The molecule has 0 aliphatic carbocycles. The second-order valence-electron chi connectivity index (χ2n) is 9.60. The van der Waals surface area contributed by atoms with Gasteiger partial charge >= 0.3 is 18.5 Å². The van der Waals surface area contributed by atoms with Crippen molar-refractivity contribution in [2.75, 3.05) is 0 Å². The van der Waals surface area contributed by atoms with E-state index in [1.54, 1.807) is 48.5 Å². The van der Waals surface area contributed by atoms with E-state index < -0.39 is 53.4 Å². The van der Waals surface area contributed by atoms with Crippen LogP contribution in [-0.4, -0.2) is 24.4 Å². The minimum absolute atomic E-state index is 0.165. The highest BCUT2D eigenvalue weighted by Gasteiger charge is 2.45. The van der Waals surface area contributed by atoms with Gasteiger partial charge in [-0.25, -0.2) is 8.78 Å². The van der Waals surface area contributed by atoms with E-state index in [2.05, 4.69) is 10.1 Å². The Labute approximate surface area is 243 Å². The first-order valence-corrected chi connectivity index (χ1v) is 12.9. The van der Waals surface area contributed by atoms with Crippen LogP contribution in [0.2, 0.25) is 0 Å². The molecule has 0 bridgehead atoms. The number of amides is 1. The van der Waals surface area contributed by atoms with Crippen molar-refractivity contribution in [1.82, 2.24) is 5.32 Å². The van der Waals surface area contributed by atoms with Crippen molar-refractivity contribution in [2.24, 2.45) is 0 Å². The predicted molar refractivity (Wildman–Crippen MR) is 144 cm³/mol. The summed E-state index contributed by atoms with van der Waals surface area (Å²) >= 11 is 0. The molecule has 0 aromatic heterocycles. The summed E-state index contributed by atoms with van der Waals surface area (Å²) in [5.74, 6) is -4.44. The number of nitrogens with one attached hydrogen (secondary N) is 1. The molecule has 224 valence electrons. The minimum atomic E-state index is -4.96. The molecule has 4 aromatic carbocycles. The average Bonchev–Trinajstić information content (AvgIpc) is 2.96. The van der Waals surface area contributed by atoms with E-state index in [1.165, 1.54) is 24.3 Å². The summed E-state index contributed by atoms with van der Waals surface area (Å²) in [5.41, 5.74) is -1.06. The summed E-state index contributed by atoms with van der Waals surface area (Å²) < 4.78 is 92.3. The van der Waals surface area contributed by atoms with Crippen molar-refractivity contribution in [2.45, 2.75) is 37.5 Å². The highest BCUT2D eigenvalue weighted by Crippen LogP contribution is 2.38. The van der Waals surface area contributed by atoms with Gasteiger partial charge in [0.05, 0.1) is 5.54 Å². The maximum absolute atomic E-state index is 15.0. The maximum atomic E-state index is 15.0. The third-order valence-electron chi connectivity index (χ3n) is 6.48. The molecule has 11 heteroatoms. The number of carbonyl (C=O) groups excluding carboxylic acids is 2. The van der Waals surface area contributed by atoms with Gasteiger partial charge in [-0.1, -0.05) is 72.8 Å². The van der Waals surface area contributed by atoms with Gasteiger partial charge in [-0.15, -0.1) is 0 Å². The van der Waals surface area contributed by atoms with E-state index in [0.29, 0.717) is 11.6 Å². The first-order valence-electron chi connectivity index (χ1n) is 12.9. The van der Waals surface area contributed by atoms with Crippen molar-refractivity contribution in [3.63, 3.8) is 0 Å². The molecule has 4 aromatic rings. The Hall–Kier alpha value is -4.80. The Morgan fingerprint density at radius 1 is 0.791 bits per heavy atom. The van der Waals surface area contributed by atoms with E-state index in [-0.39, 0.29) is 23.1 Å². The smallest absolute Gasteiger partial charge is 0.447 e. The number of halogens is 6. The molecule has 0 fully saturated rings. The summed E-state index contributed by atoms with van der Waals surface area (Å²) in [6, 6.07) is 23.4. The number of ether oxygens (including phenoxy) is 2. The van der Waals surface area contributed by atoms with Crippen LogP contribution < -0.4 is 10.1 Å². The van der Waals surface area contributed by atoms with Crippen molar-refractivity contribution in [3.05, 3.63) is 137 Å². The molecule has 0 aliphatic rings. The van der Waals surface area contributed by atoms with Crippen LogP contribution in [0.5, 0.6) is 5.75 Å². The molecule has 0 saturated heterocycles. The summed E-state index contributed by atoms with van der Waals surface area (Å²) in [4.78, 5) is 26.0. The molecule has 1 amide bonds. The molecule has 5 nitrogen and oxygen atoms in total. The summed E-state index contributed by atoms with van der Waals surface area (Å²) in [5, 5.41) is 2.78. The zero-order chi connectivity index (χ0) is 31.2. The molecule has 0 aliphatic heterocycles. The quantitative estimate of drug-likeness (QED) is 0.147. The molecule has 0 spiro atoms. The van der Waals surface area contributed by atoms with Gasteiger partial charge < -0.3 is 14.8 Å². The molecule has 0 heterocycles. The first-order chi connectivity index (χ1) is 20.4. The van der Waals surface area contributed by atoms with Crippen LogP contribution in [0, 0.1) is 11.6 Å². The van der Waals surface area contributed by atoms with Gasteiger partial charge in [-0.2, -0.15) is 17.6 Å². The first kappa shape index (κ1) is 31.1. The Kier molecular flexibility index (Phi) is 9.43. The maximum Gasteiger partial charge on any atom is 0.461 e. The lowest BCUT2D eigenvalue weighted by Gasteiger charge is -2.38. The number of carbonyl (C=O) groups is 2. The molecular weight excluding hydrogens is 576 g/mol. The van der Waals surface area contributed by atoms with Gasteiger partial charge in [0.25, 0.3) is 5.91 Å². The number of esters is 1. The van der Waals surface area contributed by atoms with Crippen molar-refractivity contribution in [1.29, 1.82) is 0 Å². The van der Waals surface area contributed by atoms with Gasteiger partial charge in [0, 0.05) is 25.0 Å². The standard InChI is InChI=1S/C32H25F6NO4/c1-20(40)42-28(22-10-6-3-7-11-22)29(41)39-31(19-21-8-4-2-5-9-21,23-12-14-25(33)15-13-23)24-16-26(34)18-27(17-24)43-32(37,38)30(35)36/h2-18,28,30H,19H2,1H3,(H,39,41)/t28?,31-/m1/s1. The molecule has 0 saturated carbocycles. The monoisotopic (exact) mass is 601 g/mol. The van der Waals surface area contributed by atoms with Crippen LogP contribution in [0.4, 0.5) is 26.3 Å². The van der Waals surface area contributed by atoms with Crippen molar-refractivity contribution in [3.8, 4) is 5.75 Å². The van der Waals surface area contributed by atoms with Crippen LogP contribution in [0.15, 0.2) is 103 Å². The molecule has 43 heavy (non-hydrogen) atoms. The third kappa shape index (κ3) is 7.54. The predicted octanol–water partition coefficient (Wildman–Crippen LogP) is 7.11. The molecular formula is C32H25F6NO4. The average molecular weight is 602 g/mol. The number of hydrogen-bond donors (Lipinski definition) is 1. The Morgan fingerprint density at radius 3 is 1.98 bits per heavy atom. The Balaban J connectivity index is 1.95. The van der Waals surface area contributed by atoms with Gasteiger partial charge in [-0.05, 0) is 41.0 Å². The zero-order valence-electron chi connectivity index (χ0n) is 22.6. The molecule has 0 radical (unpaired) electrons. The molecule has 1 unspecified atom stereocenters. The van der Waals surface area contributed by atoms with E-state index in [9.17, 15) is 31.5 Å². The summed E-state index contributed by atoms with van der Waals surface area (Å²) in [7, 11) is 0. The summed E-state index contributed by atoms with van der Waals surface area (Å²) in [6.07, 6.45) is -10.9. The second-order valence-corrected chi connectivity index (χ2v) is 9.60. The van der Waals surface area contributed by atoms with E-state index >= 15 is 4.39 Å². The normalized spacial score (nSPS) is 13.6. The van der Waals surface area contributed by atoms with Crippen molar-refractivity contribution < 1.29 is 45.4 Å². The fraction of sp³-hybridized carbons (Fsp3) is 0.188. The number of benzene rings is 4. The topological polar surface area (TPSA) is 64.6 Å². The molecule has 4 rings (SSSR count). The van der Waals surface area contributed by atoms with Crippen LogP contribution in [0.1, 0.15) is 35.3 Å². The van der Waals surface area contributed by atoms with Gasteiger partial charge in [-0.3, -0.25) is 9.59 Å². The van der Waals surface area contributed by atoms with Crippen molar-refractivity contribution >= 4 is 11.9 Å². The largest absolute Gasteiger partial charge is 0.461 e. The zero-order valence-corrected chi connectivity index (χ0v) is 22.6. The lowest BCUT2D eigenvalue weighted by Crippen LogP contribution is -2.50. The minimum Gasteiger partial charge on any atom is -0.447 e. The Bertz CT molecular complexity index is 1550. The van der Waals surface area contributed by atoms with Crippen LogP contribution >= 0.6 is 0 Å². The van der Waals surface area contributed by atoms with Gasteiger partial charge in [0.1, 0.15) is 17.4 Å². The van der Waals surface area contributed by atoms with Crippen LogP contribution in [-0.2, 0) is 26.3 Å². The van der Waals surface area contributed by atoms with E-state index in [0.717, 1.165) is 31.2 Å².